The van der Waals surface area contributed by atoms with Gasteiger partial charge >= 0.3 is 6.03 Å². The standard InChI is InChI=1S/C21H25N5O4/c1-15-5-6-18(23-14-15)25-19(27)7-8-22-21(29)24-17-4-2-3-16(13-17)20(28)26-9-11-30-12-10-26/h2-6,13-14H,7-12H2,1H3,(H2,22,24,29)(H,23,25,27). The fourth-order valence-corrected chi connectivity index (χ4v) is 2.89. The molecule has 1 fully saturated rings. The molecule has 2 heterocycles. The quantitative estimate of drug-likeness (QED) is 0.673. The number of nitrogens with one attached hydrogen (secondary N) is 3. The third kappa shape index (κ3) is 6.28. The second kappa shape index (κ2) is 10.4. The molecule has 3 rings (SSSR count). The van der Waals surface area contributed by atoms with Crippen molar-refractivity contribution in [1.82, 2.24) is 15.2 Å². The van der Waals surface area contributed by atoms with Crippen LogP contribution in [0.1, 0.15) is 22.3 Å². The number of morpholine rings is 1. The van der Waals surface area contributed by atoms with Crippen molar-refractivity contribution in [2.24, 2.45) is 0 Å². The van der Waals surface area contributed by atoms with Crippen LogP contribution in [0.3, 0.4) is 0 Å². The molecule has 9 heteroatoms. The van der Waals surface area contributed by atoms with Crippen LogP contribution in [0.5, 0.6) is 0 Å². The lowest BCUT2D eigenvalue weighted by Gasteiger charge is -2.27. The van der Waals surface area contributed by atoms with Crippen LogP contribution in [0, 0.1) is 6.92 Å². The largest absolute Gasteiger partial charge is 0.378 e. The number of rotatable bonds is 6. The number of benzene rings is 1. The van der Waals surface area contributed by atoms with Crippen LogP contribution in [0.25, 0.3) is 0 Å². The first-order valence-corrected chi connectivity index (χ1v) is 9.76. The molecule has 1 aliphatic heterocycles. The summed E-state index contributed by atoms with van der Waals surface area (Å²) in [6.07, 6.45) is 1.78. The average molecular weight is 411 g/mol. The lowest BCUT2D eigenvalue weighted by molar-refractivity contribution is -0.116. The zero-order valence-corrected chi connectivity index (χ0v) is 16.8. The van der Waals surface area contributed by atoms with Gasteiger partial charge in [-0.25, -0.2) is 9.78 Å². The van der Waals surface area contributed by atoms with Crippen LogP contribution >= 0.6 is 0 Å². The van der Waals surface area contributed by atoms with E-state index in [0.717, 1.165) is 5.56 Å². The number of carbonyl (C=O) groups excluding carboxylic acids is 3. The Bertz CT molecular complexity index is 895. The third-order valence-electron chi connectivity index (χ3n) is 4.48. The number of pyridine rings is 1. The van der Waals surface area contributed by atoms with E-state index in [1.807, 2.05) is 13.0 Å². The SMILES string of the molecule is Cc1ccc(NC(=O)CCNC(=O)Nc2cccc(C(=O)N3CCOCC3)c2)nc1. The molecule has 0 spiro atoms. The van der Waals surface area contributed by atoms with Gasteiger partial charge in [0.25, 0.3) is 5.91 Å². The van der Waals surface area contributed by atoms with E-state index in [1.165, 1.54) is 0 Å². The molecule has 3 N–H and O–H groups in total. The maximum absolute atomic E-state index is 12.5. The fraction of sp³-hybridized carbons (Fsp3) is 0.333. The zero-order chi connectivity index (χ0) is 21.3. The molecule has 0 bridgehead atoms. The molecule has 1 saturated heterocycles. The number of hydrogen-bond donors (Lipinski definition) is 3. The van der Waals surface area contributed by atoms with E-state index in [4.69, 9.17) is 4.74 Å². The van der Waals surface area contributed by atoms with Crippen molar-refractivity contribution in [1.29, 1.82) is 0 Å². The second-order valence-corrected chi connectivity index (χ2v) is 6.89. The predicted molar refractivity (Wildman–Crippen MR) is 112 cm³/mol. The number of amides is 4. The molecule has 0 unspecified atom stereocenters. The summed E-state index contributed by atoms with van der Waals surface area (Å²) in [5, 5.41) is 7.98. The summed E-state index contributed by atoms with van der Waals surface area (Å²) in [5.41, 5.74) is 2.00. The summed E-state index contributed by atoms with van der Waals surface area (Å²) in [4.78, 5) is 42.4. The van der Waals surface area contributed by atoms with E-state index in [-0.39, 0.29) is 24.8 Å². The Balaban J connectivity index is 1.43. The van der Waals surface area contributed by atoms with Crippen LogP contribution in [0.15, 0.2) is 42.6 Å². The van der Waals surface area contributed by atoms with Crippen LogP contribution < -0.4 is 16.0 Å². The Kier molecular flexibility index (Phi) is 7.34. The van der Waals surface area contributed by atoms with Crippen molar-refractivity contribution in [3.05, 3.63) is 53.7 Å². The maximum Gasteiger partial charge on any atom is 0.319 e. The lowest BCUT2D eigenvalue weighted by Crippen LogP contribution is -2.40. The highest BCUT2D eigenvalue weighted by Gasteiger charge is 2.18. The minimum absolute atomic E-state index is 0.0938. The summed E-state index contributed by atoms with van der Waals surface area (Å²) in [6.45, 7) is 4.23. The Morgan fingerprint density at radius 3 is 2.63 bits per heavy atom. The topological polar surface area (TPSA) is 113 Å². The van der Waals surface area contributed by atoms with Gasteiger partial charge in [0, 0.05) is 43.5 Å². The van der Waals surface area contributed by atoms with Crippen molar-refractivity contribution in [2.75, 3.05) is 43.5 Å². The monoisotopic (exact) mass is 411 g/mol. The molecule has 158 valence electrons. The normalized spacial score (nSPS) is 13.4. The Morgan fingerprint density at radius 1 is 1.10 bits per heavy atom. The first-order valence-electron chi connectivity index (χ1n) is 9.76. The summed E-state index contributed by atoms with van der Waals surface area (Å²) in [7, 11) is 0. The number of carbonyl (C=O) groups is 3. The second-order valence-electron chi connectivity index (χ2n) is 6.89. The lowest BCUT2D eigenvalue weighted by atomic mass is 10.1. The fourth-order valence-electron chi connectivity index (χ4n) is 2.89. The summed E-state index contributed by atoms with van der Waals surface area (Å²) in [6, 6.07) is 9.88. The number of urea groups is 1. The molecule has 0 atom stereocenters. The molecule has 1 aromatic heterocycles. The molecule has 1 aromatic carbocycles. The van der Waals surface area contributed by atoms with Gasteiger partial charge in [0.1, 0.15) is 5.82 Å². The minimum Gasteiger partial charge on any atom is -0.378 e. The van der Waals surface area contributed by atoms with Gasteiger partial charge < -0.3 is 25.6 Å². The van der Waals surface area contributed by atoms with Gasteiger partial charge in [-0.15, -0.1) is 0 Å². The summed E-state index contributed by atoms with van der Waals surface area (Å²) >= 11 is 0. The Labute approximate surface area is 174 Å². The average Bonchev–Trinajstić information content (AvgIpc) is 2.75. The molecule has 9 nitrogen and oxygen atoms in total. The number of ether oxygens (including phenoxy) is 1. The van der Waals surface area contributed by atoms with Gasteiger partial charge in [0.2, 0.25) is 5.91 Å². The molecular formula is C21H25N5O4. The Hall–Kier alpha value is -3.46. The van der Waals surface area contributed by atoms with Crippen molar-refractivity contribution in [3.8, 4) is 0 Å². The Morgan fingerprint density at radius 2 is 1.90 bits per heavy atom. The van der Waals surface area contributed by atoms with Crippen LogP contribution in [-0.2, 0) is 9.53 Å². The van der Waals surface area contributed by atoms with Crippen molar-refractivity contribution < 1.29 is 19.1 Å². The highest BCUT2D eigenvalue weighted by molar-refractivity contribution is 5.97. The number of hydrogen-bond acceptors (Lipinski definition) is 5. The molecule has 4 amide bonds. The highest BCUT2D eigenvalue weighted by Crippen LogP contribution is 2.14. The van der Waals surface area contributed by atoms with Gasteiger partial charge in [0.05, 0.1) is 13.2 Å². The van der Waals surface area contributed by atoms with Crippen molar-refractivity contribution in [2.45, 2.75) is 13.3 Å². The number of nitrogens with zero attached hydrogens (tertiary/aromatic N) is 2. The van der Waals surface area contributed by atoms with Crippen LogP contribution in [-0.4, -0.2) is 60.6 Å². The molecular weight excluding hydrogens is 386 g/mol. The zero-order valence-electron chi connectivity index (χ0n) is 16.8. The van der Waals surface area contributed by atoms with Crippen molar-refractivity contribution >= 4 is 29.4 Å². The number of anilines is 2. The summed E-state index contributed by atoms with van der Waals surface area (Å²) < 4.78 is 5.26. The van der Waals surface area contributed by atoms with E-state index < -0.39 is 6.03 Å². The highest BCUT2D eigenvalue weighted by atomic mass is 16.5. The maximum atomic E-state index is 12.5. The van der Waals surface area contributed by atoms with E-state index in [2.05, 4.69) is 20.9 Å². The van der Waals surface area contributed by atoms with Gasteiger partial charge in [-0.05, 0) is 36.8 Å². The number of aryl methyl sites for hydroxylation is 1. The van der Waals surface area contributed by atoms with Crippen LogP contribution in [0.4, 0.5) is 16.3 Å². The van der Waals surface area contributed by atoms with Gasteiger partial charge in [0.15, 0.2) is 0 Å². The third-order valence-corrected chi connectivity index (χ3v) is 4.48. The molecule has 0 aliphatic carbocycles. The smallest absolute Gasteiger partial charge is 0.319 e. The first kappa shape index (κ1) is 21.3. The van der Waals surface area contributed by atoms with E-state index in [9.17, 15) is 14.4 Å². The van der Waals surface area contributed by atoms with Gasteiger partial charge in [-0.2, -0.15) is 0 Å². The molecule has 30 heavy (non-hydrogen) atoms. The van der Waals surface area contributed by atoms with E-state index in [1.54, 1.807) is 41.4 Å². The number of aromatic nitrogens is 1. The molecule has 0 saturated carbocycles. The first-order chi connectivity index (χ1) is 14.5. The molecule has 2 aromatic rings. The molecule has 0 radical (unpaired) electrons. The predicted octanol–water partition coefficient (Wildman–Crippen LogP) is 2.01. The van der Waals surface area contributed by atoms with Gasteiger partial charge in [-0.3, -0.25) is 9.59 Å². The molecule has 1 aliphatic rings. The summed E-state index contributed by atoms with van der Waals surface area (Å²) in [5.74, 6) is 0.130. The van der Waals surface area contributed by atoms with E-state index >= 15 is 0 Å². The van der Waals surface area contributed by atoms with Crippen LogP contribution in [0.2, 0.25) is 0 Å². The van der Waals surface area contributed by atoms with Gasteiger partial charge in [-0.1, -0.05) is 12.1 Å². The minimum atomic E-state index is -0.452. The van der Waals surface area contributed by atoms with E-state index in [0.29, 0.717) is 43.4 Å². The van der Waals surface area contributed by atoms with Crippen molar-refractivity contribution in [3.63, 3.8) is 0 Å².